The molecule has 0 bridgehead atoms. The Morgan fingerprint density at radius 1 is 0.907 bits per heavy atom. The molecule has 7 atom stereocenters. The van der Waals surface area contributed by atoms with Crippen LogP contribution in [-0.2, 0) is 19.0 Å². The number of esters is 1. The molecule has 1 fully saturated rings. The summed E-state index contributed by atoms with van der Waals surface area (Å²) in [6.07, 6.45) is -4.01. The summed E-state index contributed by atoms with van der Waals surface area (Å²) in [6, 6.07) is 7.21. The van der Waals surface area contributed by atoms with Crippen molar-refractivity contribution in [2.75, 3.05) is 48.3 Å². The van der Waals surface area contributed by atoms with Crippen LogP contribution < -0.4 is 23.7 Å². The van der Waals surface area contributed by atoms with E-state index >= 15 is 0 Å². The van der Waals surface area contributed by atoms with Crippen LogP contribution in [0, 0.1) is 0 Å². The zero-order chi connectivity index (χ0) is 31.3. The van der Waals surface area contributed by atoms with E-state index < -0.39 is 55.3 Å². The van der Waals surface area contributed by atoms with E-state index in [1.165, 1.54) is 35.4 Å². The van der Waals surface area contributed by atoms with Crippen LogP contribution in [0.15, 0.2) is 30.3 Å². The highest BCUT2D eigenvalue weighted by Crippen LogP contribution is 2.53. The van der Waals surface area contributed by atoms with E-state index in [4.69, 9.17) is 37.9 Å². The summed E-state index contributed by atoms with van der Waals surface area (Å²) < 4.78 is 44.9. The summed E-state index contributed by atoms with van der Waals surface area (Å²) in [5.41, 5.74) is 2.17. The van der Waals surface area contributed by atoms with E-state index in [2.05, 4.69) is 0 Å². The minimum absolute atomic E-state index is 0.0243. The number of fused-ring (bicyclic) bond motifs is 1. The minimum Gasteiger partial charge on any atom is -0.493 e. The van der Waals surface area contributed by atoms with Gasteiger partial charge in [-0.1, -0.05) is 12.2 Å². The fourth-order valence-corrected chi connectivity index (χ4v) is 5.16. The van der Waals surface area contributed by atoms with Crippen molar-refractivity contribution >= 4 is 12.0 Å². The zero-order valence-corrected chi connectivity index (χ0v) is 24.6. The number of methoxy groups -OCH3 is 4. The van der Waals surface area contributed by atoms with Crippen LogP contribution in [0.4, 0.5) is 0 Å². The highest BCUT2D eigenvalue weighted by molar-refractivity contribution is 5.67. The SMILES string of the molecule is COc1cc([C@@H]2Oc3c(OC)cc(C=CCO[C@@H]4O[C@H](CO)[C@@H](O)[C@H](O)[C@H]4O)cc3[C@H]2COC(C)=O)cc(OC)c1OC. The lowest BCUT2D eigenvalue weighted by atomic mass is 9.90. The molecule has 2 aromatic carbocycles. The third-order valence-electron chi connectivity index (χ3n) is 7.33. The molecule has 0 radical (unpaired) electrons. The lowest BCUT2D eigenvalue weighted by molar-refractivity contribution is -0.298. The Hall–Kier alpha value is -3.59. The molecular weight excluding hydrogens is 568 g/mol. The summed E-state index contributed by atoms with van der Waals surface area (Å²) in [7, 11) is 6.07. The first kappa shape index (κ1) is 32.3. The summed E-state index contributed by atoms with van der Waals surface area (Å²) in [5, 5.41) is 39.5. The predicted octanol–water partition coefficient (Wildman–Crippen LogP) is 1.33. The van der Waals surface area contributed by atoms with Gasteiger partial charge in [0.1, 0.15) is 37.1 Å². The third kappa shape index (κ3) is 6.82. The lowest BCUT2D eigenvalue weighted by Crippen LogP contribution is -2.59. The van der Waals surface area contributed by atoms with Crippen molar-refractivity contribution in [3.8, 4) is 28.7 Å². The van der Waals surface area contributed by atoms with Gasteiger partial charge >= 0.3 is 5.97 Å². The topological polar surface area (TPSA) is 172 Å². The molecule has 0 spiro atoms. The van der Waals surface area contributed by atoms with Gasteiger partial charge in [-0.25, -0.2) is 0 Å². The Labute approximate surface area is 249 Å². The number of carbonyl (C=O) groups excluding carboxylic acids is 1. The van der Waals surface area contributed by atoms with Crippen molar-refractivity contribution in [3.05, 3.63) is 47.0 Å². The van der Waals surface area contributed by atoms with Crippen LogP contribution in [0.3, 0.4) is 0 Å². The van der Waals surface area contributed by atoms with Gasteiger partial charge in [-0.2, -0.15) is 0 Å². The molecule has 0 aliphatic carbocycles. The molecule has 0 unspecified atom stereocenters. The number of ether oxygens (including phenoxy) is 8. The molecule has 13 nitrogen and oxygen atoms in total. The molecule has 2 aromatic rings. The predicted molar refractivity (Wildman–Crippen MR) is 151 cm³/mol. The van der Waals surface area contributed by atoms with Crippen molar-refractivity contribution in [2.45, 2.75) is 49.7 Å². The summed E-state index contributed by atoms with van der Waals surface area (Å²) in [5.74, 6) is 1.40. The maximum Gasteiger partial charge on any atom is 0.302 e. The third-order valence-corrected chi connectivity index (χ3v) is 7.33. The number of carbonyl (C=O) groups is 1. The number of aliphatic hydroxyl groups excluding tert-OH is 4. The van der Waals surface area contributed by atoms with Crippen molar-refractivity contribution < 1.29 is 63.1 Å². The molecule has 0 aromatic heterocycles. The van der Waals surface area contributed by atoms with Gasteiger partial charge in [0.25, 0.3) is 0 Å². The molecule has 2 aliphatic heterocycles. The number of hydrogen-bond donors (Lipinski definition) is 4. The van der Waals surface area contributed by atoms with Crippen LogP contribution >= 0.6 is 0 Å². The van der Waals surface area contributed by atoms with Crippen LogP contribution in [0.2, 0.25) is 0 Å². The normalized spacial score (nSPS) is 26.5. The molecule has 1 saturated heterocycles. The van der Waals surface area contributed by atoms with Gasteiger partial charge in [0.15, 0.2) is 29.3 Å². The zero-order valence-electron chi connectivity index (χ0n) is 24.6. The Kier molecular flexibility index (Phi) is 10.7. The van der Waals surface area contributed by atoms with E-state index in [1.807, 2.05) is 6.07 Å². The molecule has 0 amide bonds. The second-order valence-electron chi connectivity index (χ2n) is 9.98. The largest absolute Gasteiger partial charge is 0.493 e. The first-order valence-electron chi connectivity index (χ1n) is 13.6. The second kappa shape index (κ2) is 14.3. The van der Waals surface area contributed by atoms with Gasteiger partial charge in [-0.15, -0.1) is 0 Å². The Balaban J connectivity index is 1.60. The number of aliphatic hydroxyl groups is 4. The molecule has 4 N–H and O–H groups in total. The monoisotopic (exact) mass is 606 g/mol. The summed E-state index contributed by atoms with van der Waals surface area (Å²) in [4.78, 5) is 11.8. The summed E-state index contributed by atoms with van der Waals surface area (Å²) in [6.45, 7) is 0.785. The maximum atomic E-state index is 11.8. The van der Waals surface area contributed by atoms with Crippen LogP contribution in [0.1, 0.15) is 35.6 Å². The highest BCUT2D eigenvalue weighted by atomic mass is 16.7. The molecule has 2 aliphatic rings. The summed E-state index contributed by atoms with van der Waals surface area (Å²) >= 11 is 0. The van der Waals surface area contributed by atoms with Crippen molar-refractivity contribution in [1.82, 2.24) is 0 Å². The van der Waals surface area contributed by atoms with Crippen molar-refractivity contribution in [3.63, 3.8) is 0 Å². The van der Waals surface area contributed by atoms with Crippen LogP contribution in [-0.4, -0.2) is 105 Å². The van der Waals surface area contributed by atoms with E-state index in [0.29, 0.717) is 34.3 Å². The Bertz CT molecular complexity index is 1270. The second-order valence-corrected chi connectivity index (χ2v) is 9.98. The average molecular weight is 607 g/mol. The van der Waals surface area contributed by atoms with E-state index in [9.17, 15) is 25.2 Å². The van der Waals surface area contributed by atoms with E-state index in [-0.39, 0.29) is 13.2 Å². The van der Waals surface area contributed by atoms with Gasteiger partial charge < -0.3 is 58.3 Å². The van der Waals surface area contributed by atoms with Gasteiger partial charge in [-0.05, 0) is 29.8 Å². The Morgan fingerprint density at radius 2 is 1.58 bits per heavy atom. The first-order chi connectivity index (χ1) is 20.7. The highest BCUT2D eigenvalue weighted by Gasteiger charge is 2.44. The quantitative estimate of drug-likeness (QED) is 0.255. The van der Waals surface area contributed by atoms with Crippen LogP contribution in [0.5, 0.6) is 28.7 Å². The maximum absolute atomic E-state index is 11.8. The van der Waals surface area contributed by atoms with Crippen LogP contribution in [0.25, 0.3) is 6.08 Å². The lowest BCUT2D eigenvalue weighted by Gasteiger charge is -2.39. The average Bonchev–Trinajstić information content (AvgIpc) is 3.38. The molecule has 13 heteroatoms. The molecule has 0 saturated carbocycles. The van der Waals surface area contributed by atoms with Gasteiger partial charge in [0, 0.05) is 18.1 Å². The van der Waals surface area contributed by atoms with Crippen molar-refractivity contribution in [1.29, 1.82) is 0 Å². The van der Waals surface area contributed by atoms with Gasteiger partial charge in [0.2, 0.25) is 5.75 Å². The minimum atomic E-state index is -1.53. The molecule has 4 rings (SSSR count). The Morgan fingerprint density at radius 3 is 2.16 bits per heavy atom. The van der Waals surface area contributed by atoms with Crippen molar-refractivity contribution in [2.24, 2.45) is 0 Å². The van der Waals surface area contributed by atoms with Gasteiger partial charge in [-0.3, -0.25) is 4.79 Å². The number of benzene rings is 2. The molecule has 43 heavy (non-hydrogen) atoms. The molecular formula is C30H38O13. The smallest absolute Gasteiger partial charge is 0.302 e. The number of hydrogen-bond acceptors (Lipinski definition) is 13. The van der Waals surface area contributed by atoms with E-state index in [1.54, 1.807) is 30.4 Å². The number of rotatable bonds is 12. The first-order valence-corrected chi connectivity index (χ1v) is 13.6. The fraction of sp³-hybridized carbons (Fsp3) is 0.500. The molecule has 236 valence electrons. The molecule has 2 heterocycles. The standard InChI is InChI=1S/C30H38O13/c1-15(32)41-14-19-18-9-16(7-6-8-40-30-26(35)25(34)24(33)23(13-31)42-30)10-20(36-2)28(18)43-27(19)17-11-21(37-3)29(39-5)22(12-17)38-4/h6-7,9-12,19,23-27,30-31,33-35H,8,13-14H2,1-5H3/t19-,23-,24-,25+,26-,27+,30-/m1/s1. The van der Waals surface area contributed by atoms with E-state index in [0.717, 1.165) is 11.1 Å². The van der Waals surface area contributed by atoms with Gasteiger partial charge in [0.05, 0.1) is 47.6 Å². The fourth-order valence-electron chi connectivity index (χ4n) is 5.16.